The van der Waals surface area contributed by atoms with Crippen molar-refractivity contribution >= 4 is 76.7 Å². The number of aldehydes is 1. The first kappa shape index (κ1) is 80.7. The molecule has 0 heterocycles. The number of likely N-dealkylation sites (N-methyl/N-ethyl adjacent to an activating group) is 3. The van der Waals surface area contributed by atoms with Gasteiger partial charge in [0.05, 0.1) is 59.4 Å². The molecule has 486 valence electrons. The van der Waals surface area contributed by atoms with E-state index in [1.165, 1.54) is 25.0 Å². The van der Waals surface area contributed by atoms with Crippen LogP contribution in [0.3, 0.4) is 0 Å². The number of amides is 1. The van der Waals surface area contributed by atoms with Crippen LogP contribution in [0, 0.1) is 22.7 Å². The largest absolute Gasteiger partial charge is 0.456 e. The molecular weight excluding hydrogens is 1160 g/mol. The third kappa shape index (κ3) is 43.9. The second-order valence-corrected chi connectivity index (χ2v) is 22.2. The summed E-state index contributed by atoms with van der Waals surface area (Å²) < 4.78 is 37.1. The quantitative estimate of drug-likeness (QED) is 0.00790. The van der Waals surface area contributed by atoms with E-state index in [9.17, 15) is 24.4 Å². The Balaban J connectivity index is 0.00000126. The molecule has 0 aromatic heterocycles. The number of ether oxygens (including phenoxy) is 7. The van der Waals surface area contributed by atoms with Gasteiger partial charge in [-0.2, -0.15) is 10.5 Å². The Morgan fingerprint density at radius 1 is 0.529 bits per heavy atom. The number of halogens is 2. The lowest BCUT2D eigenvalue weighted by molar-refractivity contribution is -0.150. The molecule has 0 bridgehead atoms. The summed E-state index contributed by atoms with van der Waals surface area (Å²) in [7, 11) is 5.65. The molecule has 0 fully saturated rings. The van der Waals surface area contributed by atoms with E-state index in [1.54, 1.807) is 65.8 Å². The number of carbonyl (C=O) groups excluding carboxylic acids is 4. The Morgan fingerprint density at radius 2 is 0.885 bits per heavy atom. The van der Waals surface area contributed by atoms with Gasteiger partial charge in [-0.1, -0.05) is 49.9 Å². The lowest BCUT2D eigenvalue weighted by atomic mass is 10.1. The zero-order chi connectivity index (χ0) is 65.1. The predicted molar refractivity (Wildman–Crippen MR) is 348 cm³/mol. The highest BCUT2D eigenvalue weighted by atomic mass is 35.5. The van der Waals surface area contributed by atoms with Crippen LogP contribution in [0.2, 0.25) is 0 Å². The SMILES string of the molecule is CN(CCO)c1ccc(/C=C(\C#N)C(=O)OC(C)(C)C)cc1.CN(CCO)c1ccc(C=O)cc1.CN(CCOC(=O)NCCOCCOCCCCCCCl)c1ccc(/C=C(\C#N)C(=O)OC(C)(C)C)cc1.NCCOCCOCCCCCCCl. The lowest BCUT2D eigenvalue weighted by Gasteiger charge is -2.20. The summed E-state index contributed by atoms with van der Waals surface area (Å²) in [6, 6.07) is 25.7. The van der Waals surface area contributed by atoms with E-state index in [1.807, 2.05) is 96.5 Å². The Bertz CT molecular complexity index is 2430. The number of aliphatic hydroxyl groups is 2. The predicted octanol–water partition coefficient (Wildman–Crippen LogP) is 10.00. The van der Waals surface area contributed by atoms with Crippen molar-refractivity contribution in [2.45, 2.75) is 104 Å². The number of hydrogen-bond acceptors (Lipinski definition) is 19. The van der Waals surface area contributed by atoms with Crippen LogP contribution in [-0.4, -0.2) is 184 Å². The van der Waals surface area contributed by atoms with Gasteiger partial charge in [-0.3, -0.25) is 4.79 Å². The smallest absolute Gasteiger partial charge is 0.407 e. The number of rotatable bonds is 38. The number of anilines is 3. The van der Waals surface area contributed by atoms with Crippen LogP contribution in [0.15, 0.2) is 83.9 Å². The molecule has 0 unspecified atom stereocenters. The number of hydrogen-bond donors (Lipinski definition) is 4. The molecule has 0 aliphatic carbocycles. The van der Waals surface area contributed by atoms with Crippen LogP contribution < -0.4 is 25.8 Å². The first-order valence-electron chi connectivity index (χ1n) is 29.5. The van der Waals surface area contributed by atoms with Crippen molar-refractivity contribution in [2.24, 2.45) is 5.73 Å². The number of benzene rings is 3. The Labute approximate surface area is 528 Å². The van der Waals surface area contributed by atoms with Crippen LogP contribution in [-0.2, 0) is 42.7 Å². The fourth-order valence-corrected chi connectivity index (χ4v) is 7.38. The average molecular weight is 1260 g/mol. The number of aliphatic hydroxyl groups excluding tert-OH is 2. The average Bonchev–Trinajstić information content (AvgIpc) is 3.44. The third-order valence-electron chi connectivity index (χ3n) is 11.6. The van der Waals surface area contributed by atoms with Gasteiger partial charge >= 0.3 is 18.0 Å². The summed E-state index contributed by atoms with van der Waals surface area (Å²) in [4.78, 5) is 52.0. The van der Waals surface area contributed by atoms with Crippen LogP contribution in [0.1, 0.15) is 114 Å². The van der Waals surface area contributed by atoms with Crippen molar-refractivity contribution in [3.8, 4) is 12.1 Å². The van der Waals surface area contributed by atoms with Crippen molar-refractivity contribution < 1.29 is 62.5 Å². The van der Waals surface area contributed by atoms with Gasteiger partial charge in [0.1, 0.15) is 47.4 Å². The molecule has 3 aromatic carbocycles. The topological polar surface area (TPSA) is 269 Å². The molecule has 0 aliphatic rings. The highest BCUT2D eigenvalue weighted by molar-refractivity contribution is 6.18. The summed E-state index contributed by atoms with van der Waals surface area (Å²) in [5.41, 5.74) is 8.80. The molecule has 0 saturated heterocycles. The molecule has 20 nitrogen and oxygen atoms in total. The van der Waals surface area contributed by atoms with Crippen molar-refractivity contribution in [1.82, 2.24) is 5.32 Å². The van der Waals surface area contributed by atoms with Gasteiger partial charge in [-0.15, -0.1) is 23.2 Å². The van der Waals surface area contributed by atoms with Gasteiger partial charge in [0, 0.05) is 94.9 Å². The molecule has 0 aliphatic heterocycles. The third-order valence-corrected chi connectivity index (χ3v) is 12.2. The Morgan fingerprint density at radius 3 is 1.23 bits per heavy atom. The summed E-state index contributed by atoms with van der Waals surface area (Å²) >= 11 is 11.2. The van der Waals surface area contributed by atoms with E-state index in [0.29, 0.717) is 89.4 Å². The van der Waals surface area contributed by atoms with Gasteiger partial charge in [0.2, 0.25) is 0 Å². The molecular formula is C65H99Cl2N7O13. The molecule has 0 atom stereocenters. The van der Waals surface area contributed by atoms with Gasteiger partial charge in [-0.05, 0) is 139 Å². The second kappa shape index (κ2) is 50.7. The highest BCUT2D eigenvalue weighted by Crippen LogP contribution is 2.20. The number of nitriles is 2. The molecule has 0 radical (unpaired) electrons. The Kier molecular flexibility index (Phi) is 47.0. The van der Waals surface area contributed by atoms with Crippen molar-refractivity contribution in [1.29, 1.82) is 10.5 Å². The van der Waals surface area contributed by atoms with Crippen molar-refractivity contribution in [3.63, 3.8) is 0 Å². The molecule has 3 rings (SSSR count). The maximum atomic E-state index is 12.1. The lowest BCUT2D eigenvalue weighted by Crippen LogP contribution is -2.31. The zero-order valence-electron chi connectivity index (χ0n) is 53.0. The number of esters is 2. The normalized spacial score (nSPS) is 11.2. The van der Waals surface area contributed by atoms with Crippen LogP contribution in [0.25, 0.3) is 12.2 Å². The van der Waals surface area contributed by atoms with E-state index in [2.05, 4.69) is 5.32 Å². The van der Waals surface area contributed by atoms with Gasteiger partial charge in [-0.25, -0.2) is 14.4 Å². The zero-order valence-corrected chi connectivity index (χ0v) is 54.5. The van der Waals surface area contributed by atoms with E-state index < -0.39 is 29.2 Å². The molecule has 3 aromatic rings. The summed E-state index contributed by atoms with van der Waals surface area (Å²) in [6.45, 7) is 18.4. The fourth-order valence-electron chi connectivity index (χ4n) is 7.00. The summed E-state index contributed by atoms with van der Waals surface area (Å²) in [6.07, 6.45) is 12.3. The maximum absolute atomic E-state index is 12.1. The highest BCUT2D eigenvalue weighted by Gasteiger charge is 2.21. The van der Waals surface area contributed by atoms with Crippen molar-refractivity contribution in [3.05, 3.63) is 101 Å². The number of nitrogens with one attached hydrogen (secondary N) is 1. The number of unbranched alkanes of at least 4 members (excludes halogenated alkanes) is 6. The number of nitrogens with two attached hydrogens (primary N) is 1. The van der Waals surface area contributed by atoms with Gasteiger partial charge in [0.15, 0.2) is 0 Å². The minimum absolute atomic E-state index is 0.0358. The minimum atomic E-state index is -0.675. The number of carbonyl (C=O) groups is 4. The number of nitrogens with zero attached hydrogens (tertiary/aromatic N) is 5. The van der Waals surface area contributed by atoms with E-state index >= 15 is 0 Å². The Hall–Kier alpha value is -6.30. The monoisotopic (exact) mass is 1260 g/mol. The number of alkyl halides is 2. The first-order chi connectivity index (χ1) is 41.6. The van der Waals surface area contributed by atoms with Gasteiger partial charge < -0.3 is 69.1 Å². The molecule has 0 spiro atoms. The molecule has 1 amide bonds. The summed E-state index contributed by atoms with van der Waals surface area (Å²) in [5, 5.41) is 38.7. The van der Waals surface area contributed by atoms with Crippen LogP contribution in [0.4, 0.5) is 21.9 Å². The first-order valence-corrected chi connectivity index (χ1v) is 30.5. The summed E-state index contributed by atoms with van der Waals surface area (Å²) in [5.74, 6) is 0.203. The van der Waals surface area contributed by atoms with E-state index in [-0.39, 0.29) is 31.0 Å². The van der Waals surface area contributed by atoms with E-state index in [0.717, 1.165) is 86.5 Å². The molecule has 0 saturated carbocycles. The molecule has 22 heteroatoms. The van der Waals surface area contributed by atoms with Gasteiger partial charge in [0.25, 0.3) is 0 Å². The standard InChI is InChI=1S/C28H42ClN3O6.C17H22N2O3.C10H22ClNO2.C10H13NO2/c1-28(2,3)38-26(33)24(22-30)21-23-9-11-25(12-10-23)32(4)15-18-37-27(34)31-14-17-36-20-19-35-16-8-6-5-7-13-29;1-17(2,3)22-16(21)14(12-18)11-13-5-7-15(8-6-13)19(4)9-10-20;11-5-3-1-2-4-7-13-9-10-14-8-6-12;1-11(6-7-12)10-4-2-9(8-13)3-5-10/h9-12,21H,5-8,13-20H2,1-4H3,(H,31,34);5-8,11,20H,9-10H2,1-4H3;1-10,12H2;2-5,8,12H,6-7H2,1H3/b24-21+;14-11+;;. The number of alkyl carbamates (subject to hydrolysis) is 1. The van der Waals surface area contributed by atoms with Crippen LogP contribution >= 0.6 is 23.2 Å². The van der Waals surface area contributed by atoms with Crippen LogP contribution in [0.5, 0.6) is 0 Å². The maximum Gasteiger partial charge on any atom is 0.407 e. The minimum Gasteiger partial charge on any atom is -0.456 e. The fraction of sp³-hybridized carbons (Fsp3) is 0.569. The molecule has 87 heavy (non-hydrogen) atoms. The van der Waals surface area contributed by atoms with E-state index in [4.69, 9.17) is 77.6 Å². The second-order valence-electron chi connectivity index (χ2n) is 21.5. The molecule has 5 N–H and O–H groups in total. The van der Waals surface area contributed by atoms with Crippen molar-refractivity contribution in [2.75, 3.05) is 153 Å².